The molecule has 3 heteroatoms. The smallest absolute Gasteiger partial charge is 0.190 e. The number of carbonyl (C=O) groups excluding carboxylic acids is 1. The van der Waals surface area contributed by atoms with E-state index in [4.69, 9.17) is 9.47 Å². The molecule has 0 amide bonds. The summed E-state index contributed by atoms with van der Waals surface area (Å²) < 4.78 is 11.3. The monoisotopic (exact) mass is 214 g/mol. The molecule has 0 N–H and O–H groups in total. The maximum absolute atomic E-state index is 11.9. The molecule has 1 fully saturated rings. The van der Waals surface area contributed by atoms with Crippen molar-refractivity contribution >= 4 is 5.78 Å². The quantitative estimate of drug-likeness (QED) is 0.721. The number of Topliss-reactive ketones (excluding diaryl/α,β-unsaturated/α-hetero) is 1. The van der Waals surface area contributed by atoms with Gasteiger partial charge in [-0.1, -0.05) is 26.7 Å². The summed E-state index contributed by atoms with van der Waals surface area (Å²) in [7, 11) is 0. The largest absolute Gasteiger partial charge is 0.339 e. The Labute approximate surface area is 92.1 Å². The minimum Gasteiger partial charge on any atom is -0.339 e. The minimum atomic E-state index is -0.617. The lowest BCUT2D eigenvalue weighted by Crippen LogP contribution is -2.51. The second-order valence-corrected chi connectivity index (χ2v) is 4.59. The van der Waals surface area contributed by atoms with Crippen molar-refractivity contribution < 1.29 is 14.3 Å². The van der Waals surface area contributed by atoms with Gasteiger partial charge in [0.2, 0.25) is 0 Å². The molecule has 0 aliphatic carbocycles. The zero-order valence-electron chi connectivity index (χ0n) is 10.2. The standard InChI is InChI=1S/C12H22O3/c1-5-7-9-11(13)10(8-6-2)15-12(3,4)14-9/h9-10H,5-8H2,1-4H3/t9-,10-/m0/s1. The molecule has 0 saturated carbocycles. The predicted octanol–water partition coefficient (Wildman–Crippen LogP) is 2.68. The van der Waals surface area contributed by atoms with Crippen molar-refractivity contribution in [2.75, 3.05) is 0 Å². The lowest BCUT2D eigenvalue weighted by atomic mass is 10.00. The van der Waals surface area contributed by atoms with E-state index in [1.165, 1.54) is 0 Å². The highest BCUT2D eigenvalue weighted by Crippen LogP contribution is 2.28. The van der Waals surface area contributed by atoms with Crippen LogP contribution in [-0.2, 0) is 14.3 Å². The molecule has 0 unspecified atom stereocenters. The second-order valence-electron chi connectivity index (χ2n) is 4.59. The average molecular weight is 214 g/mol. The molecule has 1 heterocycles. The van der Waals surface area contributed by atoms with Gasteiger partial charge in [0.1, 0.15) is 12.2 Å². The topological polar surface area (TPSA) is 35.5 Å². The SMILES string of the molecule is CCC[C@@H]1OC(C)(C)O[C@@H](CCC)C1=O. The van der Waals surface area contributed by atoms with Gasteiger partial charge in [-0.3, -0.25) is 4.79 Å². The zero-order valence-corrected chi connectivity index (χ0v) is 10.2. The van der Waals surface area contributed by atoms with Crippen LogP contribution in [0.1, 0.15) is 53.4 Å². The van der Waals surface area contributed by atoms with Crippen LogP contribution in [0.5, 0.6) is 0 Å². The summed E-state index contributed by atoms with van der Waals surface area (Å²) in [4.78, 5) is 11.9. The summed E-state index contributed by atoms with van der Waals surface area (Å²) >= 11 is 0. The van der Waals surface area contributed by atoms with Gasteiger partial charge in [-0.15, -0.1) is 0 Å². The first-order chi connectivity index (χ1) is 7.00. The molecule has 0 aromatic heterocycles. The van der Waals surface area contributed by atoms with Gasteiger partial charge in [-0.2, -0.15) is 0 Å². The number of ether oxygens (including phenoxy) is 2. The van der Waals surface area contributed by atoms with Gasteiger partial charge in [-0.25, -0.2) is 0 Å². The first-order valence-electron chi connectivity index (χ1n) is 5.89. The Morgan fingerprint density at radius 2 is 1.47 bits per heavy atom. The number of hydrogen-bond donors (Lipinski definition) is 0. The van der Waals surface area contributed by atoms with Crippen molar-refractivity contribution in [3.63, 3.8) is 0 Å². The van der Waals surface area contributed by atoms with Crippen molar-refractivity contribution in [3.05, 3.63) is 0 Å². The second kappa shape index (κ2) is 5.08. The molecule has 0 spiro atoms. The molecule has 88 valence electrons. The fourth-order valence-corrected chi connectivity index (χ4v) is 1.96. The highest BCUT2D eigenvalue weighted by Gasteiger charge is 2.40. The normalized spacial score (nSPS) is 30.5. The van der Waals surface area contributed by atoms with Crippen LogP contribution in [0.3, 0.4) is 0 Å². The molecular formula is C12H22O3. The molecule has 3 nitrogen and oxygen atoms in total. The van der Waals surface area contributed by atoms with E-state index in [1.807, 2.05) is 13.8 Å². The molecule has 1 aliphatic rings. The molecule has 1 saturated heterocycles. The van der Waals surface area contributed by atoms with Gasteiger partial charge in [-0.05, 0) is 26.7 Å². The first-order valence-corrected chi connectivity index (χ1v) is 5.89. The Morgan fingerprint density at radius 1 is 1.07 bits per heavy atom. The summed E-state index contributed by atoms with van der Waals surface area (Å²) in [5.74, 6) is -0.494. The summed E-state index contributed by atoms with van der Waals surface area (Å²) in [6.45, 7) is 7.89. The van der Waals surface area contributed by atoms with Gasteiger partial charge < -0.3 is 9.47 Å². The van der Waals surface area contributed by atoms with Crippen molar-refractivity contribution in [2.24, 2.45) is 0 Å². The van der Waals surface area contributed by atoms with E-state index in [0.29, 0.717) is 0 Å². The fourth-order valence-electron chi connectivity index (χ4n) is 1.96. The molecule has 1 aliphatic heterocycles. The van der Waals surface area contributed by atoms with Crippen LogP contribution >= 0.6 is 0 Å². The van der Waals surface area contributed by atoms with Crippen LogP contribution in [-0.4, -0.2) is 23.8 Å². The van der Waals surface area contributed by atoms with E-state index >= 15 is 0 Å². The van der Waals surface area contributed by atoms with E-state index in [9.17, 15) is 4.79 Å². The maximum Gasteiger partial charge on any atom is 0.190 e. The van der Waals surface area contributed by atoms with Crippen LogP contribution in [0.25, 0.3) is 0 Å². The molecule has 0 bridgehead atoms. The van der Waals surface area contributed by atoms with Gasteiger partial charge in [0.05, 0.1) is 0 Å². The van der Waals surface area contributed by atoms with E-state index in [-0.39, 0.29) is 18.0 Å². The highest BCUT2D eigenvalue weighted by molar-refractivity contribution is 5.87. The van der Waals surface area contributed by atoms with Crippen LogP contribution < -0.4 is 0 Å². The fraction of sp³-hybridized carbons (Fsp3) is 0.917. The van der Waals surface area contributed by atoms with Crippen LogP contribution in [0, 0.1) is 0 Å². The minimum absolute atomic E-state index is 0.123. The van der Waals surface area contributed by atoms with Crippen LogP contribution in [0.15, 0.2) is 0 Å². The van der Waals surface area contributed by atoms with Crippen molar-refractivity contribution in [2.45, 2.75) is 71.4 Å². The lowest BCUT2D eigenvalue weighted by molar-refractivity contribution is -0.280. The number of rotatable bonds is 4. The number of carbonyl (C=O) groups is 1. The zero-order chi connectivity index (χ0) is 11.5. The lowest BCUT2D eigenvalue weighted by Gasteiger charge is -2.39. The average Bonchev–Trinajstić information content (AvgIpc) is 2.13. The van der Waals surface area contributed by atoms with E-state index < -0.39 is 5.79 Å². The van der Waals surface area contributed by atoms with Crippen molar-refractivity contribution in [1.82, 2.24) is 0 Å². The third kappa shape index (κ3) is 3.28. The van der Waals surface area contributed by atoms with E-state index in [2.05, 4.69) is 13.8 Å². The molecule has 15 heavy (non-hydrogen) atoms. The maximum atomic E-state index is 11.9. The number of hydrogen-bond acceptors (Lipinski definition) is 3. The Bertz CT molecular complexity index is 203. The molecule has 1 rings (SSSR count). The summed E-state index contributed by atoms with van der Waals surface area (Å²) in [6.07, 6.45) is 2.99. The molecule has 0 radical (unpaired) electrons. The molecule has 0 aromatic carbocycles. The van der Waals surface area contributed by atoms with E-state index in [0.717, 1.165) is 25.7 Å². The Hall–Kier alpha value is -0.410. The Balaban J connectivity index is 2.69. The summed E-state index contributed by atoms with van der Waals surface area (Å²) in [5, 5.41) is 0. The van der Waals surface area contributed by atoms with Gasteiger partial charge in [0, 0.05) is 0 Å². The Morgan fingerprint density at radius 3 is 1.80 bits per heavy atom. The van der Waals surface area contributed by atoms with Crippen molar-refractivity contribution in [1.29, 1.82) is 0 Å². The van der Waals surface area contributed by atoms with Crippen LogP contribution in [0.2, 0.25) is 0 Å². The molecular weight excluding hydrogens is 192 g/mol. The Kier molecular flexibility index (Phi) is 4.29. The van der Waals surface area contributed by atoms with Crippen LogP contribution in [0.4, 0.5) is 0 Å². The van der Waals surface area contributed by atoms with Gasteiger partial charge >= 0.3 is 0 Å². The third-order valence-electron chi connectivity index (χ3n) is 2.59. The predicted molar refractivity (Wildman–Crippen MR) is 58.6 cm³/mol. The molecule has 2 atom stereocenters. The number of ketones is 1. The van der Waals surface area contributed by atoms with Gasteiger partial charge in [0.25, 0.3) is 0 Å². The first kappa shape index (κ1) is 12.7. The molecule has 0 aromatic rings. The summed E-state index contributed by atoms with van der Waals surface area (Å²) in [5.41, 5.74) is 0. The van der Waals surface area contributed by atoms with E-state index in [1.54, 1.807) is 0 Å². The summed E-state index contributed by atoms with van der Waals surface area (Å²) in [6, 6.07) is 0. The highest BCUT2D eigenvalue weighted by atomic mass is 16.7. The third-order valence-corrected chi connectivity index (χ3v) is 2.59. The van der Waals surface area contributed by atoms with Gasteiger partial charge in [0.15, 0.2) is 11.6 Å². The van der Waals surface area contributed by atoms with Crippen molar-refractivity contribution in [3.8, 4) is 0 Å².